The zero-order chi connectivity index (χ0) is 16.0. The second-order valence-electron chi connectivity index (χ2n) is 6.50. The molecule has 0 N–H and O–H groups in total. The Balaban J connectivity index is 1.91. The molecule has 0 saturated heterocycles. The molecule has 2 aromatic carbocycles. The average molecular weight is 318 g/mol. The number of benzene rings is 2. The van der Waals surface area contributed by atoms with E-state index in [1.807, 2.05) is 12.1 Å². The molecule has 114 valence electrons. The summed E-state index contributed by atoms with van der Waals surface area (Å²) in [6.45, 7) is 4.57. The maximum Gasteiger partial charge on any atom is 0.151 e. The highest BCUT2D eigenvalue weighted by atomic mass is 31.1. The van der Waals surface area contributed by atoms with E-state index in [0.717, 1.165) is 17.8 Å². The third kappa shape index (κ3) is 2.00. The van der Waals surface area contributed by atoms with Gasteiger partial charge in [0.15, 0.2) is 6.29 Å². The van der Waals surface area contributed by atoms with Gasteiger partial charge < -0.3 is 0 Å². The zero-order valence-electron chi connectivity index (χ0n) is 13.4. The summed E-state index contributed by atoms with van der Waals surface area (Å²) in [7, 11) is -0.532. The van der Waals surface area contributed by atoms with Crippen molar-refractivity contribution < 1.29 is 4.79 Å². The summed E-state index contributed by atoms with van der Waals surface area (Å²) in [6.07, 6.45) is 2.20. The van der Waals surface area contributed by atoms with Crippen molar-refractivity contribution in [3.8, 4) is 0 Å². The lowest BCUT2D eigenvalue weighted by Crippen LogP contribution is -2.18. The first kappa shape index (κ1) is 14.6. The topological polar surface area (TPSA) is 17.1 Å². The molecule has 0 radical (unpaired) electrons. The second-order valence-corrected chi connectivity index (χ2v) is 8.60. The first-order valence-corrected chi connectivity index (χ1v) is 9.49. The molecule has 23 heavy (non-hydrogen) atoms. The Bertz CT molecular complexity index is 833. The van der Waals surface area contributed by atoms with Crippen molar-refractivity contribution in [1.82, 2.24) is 0 Å². The Hall–Kier alpha value is -1.98. The molecule has 0 fully saturated rings. The highest BCUT2D eigenvalue weighted by Crippen LogP contribution is 2.77. The highest BCUT2D eigenvalue weighted by Gasteiger charge is 2.51. The lowest BCUT2D eigenvalue weighted by atomic mass is 9.74. The Kier molecular flexibility index (Phi) is 3.36. The number of rotatable bonds is 3. The minimum absolute atomic E-state index is 0.00548. The van der Waals surface area contributed by atoms with Crippen molar-refractivity contribution >= 4 is 25.1 Å². The number of carbonyl (C=O) groups is 1. The van der Waals surface area contributed by atoms with Crippen molar-refractivity contribution in [2.24, 2.45) is 5.41 Å². The van der Waals surface area contributed by atoms with E-state index in [9.17, 15) is 4.79 Å². The number of fused-ring (bicyclic) bond motifs is 2. The molecule has 2 aliphatic rings. The maximum atomic E-state index is 11.9. The van der Waals surface area contributed by atoms with Crippen LogP contribution in [0.1, 0.15) is 25.0 Å². The van der Waals surface area contributed by atoms with Crippen LogP contribution in [0.5, 0.6) is 0 Å². The summed E-state index contributed by atoms with van der Waals surface area (Å²) >= 11 is 0. The second kappa shape index (κ2) is 5.28. The van der Waals surface area contributed by atoms with Crippen molar-refractivity contribution in [2.75, 3.05) is 6.16 Å². The fourth-order valence-electron chi connectivity index (χ4n) is 4.03. The van der Waals surface area contributed by atoms with Crippen LogP contribution in [0.2, 0.25) is 0 Å². The lowest BCUT2D eigenvalue weighted by Gasteiger charge is -2.30. The van der Waals surface area contributed by atoms with Crippen LogP contribution < -0.4 is 0 Å². The van der Waals surface area contributed by atoms with Gasteiger partial charge in [-0.15, -0.1) is 0 Å². The van der Waals surface area contributed by atoms with E-state index in [-0.39, 0.29) is 5.41 Å². The number of hydrogen-bond acceptors (Lipinski definition) is 1. The van der Waals surface area contributed by atoms with Gasteiger partial charge in [0.05, 0.1) is 0 Å². The summed E-state index contributed by atoms with van der Waals surface area (Å²) in [6, 6.07) is 21.0. The molecule has 0 unspecified atom stereocenters. The Morgan fingerprint density at radius 3 is 2.09 bits per heavy atom. The van der Waals surface area contributed by atoms with E-state index >= 15 is 0 Å². The number of hydrogen-bond donors (Lipinski definition) is 0. The maximum absolute atomic E-state index is 11.9. The van der Waals surface area contributed by atoms with E-state index in [1.54, 1.807) is 0 Å². The van der Waals surface area contributed by atoms with Crippen LogP contribution in [0.15, 0.2) is 71.6 Å². The minimum Gasteiger partial charge on any atom is -0.298 e. The van der Waals surface area contributed by atoms with Gasteiger partial charge in [0.2, 0.25) is 0 Å². The molecule has 2 bridgehead atoms. The van der Waals surface area contributed by atoms with Gasteiger partial charge in [-0.2, -0.15) is 0 Å². The van der Waals surface area contributed by atoms with Gasteiger partial charge in [0, 0.05) is 10.7 Å². The minimum atomic E-state index is -0.532. The van der Waals surface area contributed by atoms with Crippen LogP contribution in [0.25, 0.3) is 10.9 Å². The largest absolute Gasteiger partial charge is 0.298 e. The predicted octanol–water partition coefficient (Wildman–Crippen LogP) is 5.54. The molecule has 2 atom stereocenters. The monoisotopic (exact) mass is 318 g/mol. The van der Waals surface area contributed by atoms with Crippen molar-refractivity contribution in [2.45, 2.75) is 13.8 Å². The molecule has 2 heterocycles. The lowest BCUT2D eigenvalue weighted by molar-refractivity contribution is -0.104. The summed E-state index contributed by atoms with van der Waals surface area (Å²) in [5.74, 6) is 0. The smallest absolute Gasteiger partial charge is 0.151 e. The summed E-state index contributed by atoms with van der Waals surface area (Å²) in [5, 5.41) is 2.46. The molecule has 2 aliphatic heterocycles. The van der Waals surface area contributed by atoms with Gasteiger partial charge in [-0.25, -0.2) is 0 Å². The van der Waals surface area contributed by atoms with Crippen LogP contribution in [0, 0.1) is 5.41 Å². The Labute approximate surface area is 138 Å². The van der Waals surface area contributed by atoms with Gasteiger partial charge in [-0.1, -0.05) is 73.2 Å². The molecular weight excluding hydrogens is 299 g/mol. The summed E-state index contributed by atoms with van der Waals surface area (Å²) in [5.41, 5.74) is 5.18. The van der Waals surface area contributed by atoms with Crippen LogP contribution >= 0.6 is 7.92 Å². The van der Waals surface area contributed by atoms with Crippen LogP contribution in [0.4, 0.5) is 0 Å². The van der Waals surface area contributed by atoms with Crippen molar-refractivity contribution in [3.63, 3.8) is 0 Å². The first-order chi connectivity index (χ1) is 11.2. The van der Waals surface area contributed by atoms with Gasteiger partial charge >= 0.3 is 0 Å². The average Bonchev–Trinajstić information content (AvgIpc) is 3.03. The number of aldehydes is 1. The van der Waals surface area contributed by atoms with Gasteiger partial charge in [-0.3, -0.25) is 4.79 Å². The van der Waals surface area contributed by atoms with Crippen LogP contribution in [0.3, 0.4) is 0 Å². The van der Waals surface area contributed by atoms with E-state index in [4.69, 9.17) is 0 Å². The fraction of sp³-hybridized carbons (Fsp3) is 0.190. The fourth-order valence-corrected chi connectivity index (χ4v) is 7.51. The molecule has 2 heteroatoms. The quantitative estimate of drug-likeness (QED) is 0.536. The van der Waals surface area contributed by atoms with E-state index in [1.165, 1.54) is 27.6 Å². The van der Waals surface area contributed by atoms with E-state index < -0.39 is 7.92 Å². The molecule has 2 aromatic rings. The predicted molar refractivity (Wildman–Crippen MR) is 98.4 cm³/mol. The van der Waals surface area contributed by atoms with Gasteiger partial charge in [0.1, 0.15) is 0 Å². The Morgan fingerprint density at radius 1 is 0.957 bits per heavy atom. The molecule has 0 saturated carbocycles. The van der Waals surface area contributed by atoms with Crippen LogP contribution in [-0.2, 0) is 4.79 Å². The van der Waals surface area contributed by atoms with E-state index in [2.05, 4.69) is 62.4 Å². The third-order valence-corrected chi connectivity index (χ3v) is 8.24. The SMILES string of the molecule is CC1=C(c2ccccc2)[P@@]2C[C@@]1(C)C(c1ccccc1)=C2C=O. The van der Waals surface area contributed by atoms with Gasteiger partial charge in [-0.05, 0) is 43.0 Å². The Morgan fingerprint density at radius 2 is 1.52 bits per heavy atom. The first-order valence-electron chi connectivity index (χ1n) is 7.96. The molecule has 0 aliphatic carbocycles. The van der Waals surface area contributed by atoms with Crippen molar-refractivity contribution in [3.05, 3.63) is 82.7 Å². The van der Waals surface area contributed by atoms with Gasteiger partial charge in [0.25, 0.3) is 0 Å². The normalized spacial score (nSPS) is 26.1. The summed E-state index contributed by atoms with van der Waals surface area (Å²) in [4.78, 5) is 11.9. The molecular formula is C21H19OP. The van der Waals surface area contributed by atoms with Crippen LogP contribution in [-0.4, -0.2) is 12.4 Å². The number of carbonyl (C=O) groups excluding carboxylic acids is 1. The number of allylic oxidation sites excluding steroid dienone is 3. The zero-order valence-corrected chi connectivity index (χ0v) is 14.3. The van der Waals surface area contributed by atoms with E-state index in [0.29, 0.717) is 0 Å². The van der Waals surface area contributed by atoms with Crippen molar-refractivity contribution in [1.29, 1.82) is 0 Å². The highest BCUT2D eigenvalue weighted by molar-refractivity contribution is 7.74. The molecule has 0 spiro atoms. The standard InChI is InChI=1S/C21H19OP/c1-15-20(17-11-7-4-8-12-17)23-14-21(15,2)19(18(23)13-22)16-9-5-3-6-10-16/h3-13H,14H2,1-2H3/t21-,23+/m1/s1. The molecule has 0 amide bonds. The molecule has 1 nitrogen and oxygen atoms in total. The molecule has 0 aromatic heterocycles. The summed E-state index contributed by atoms with van der Waals surface area (Å²) < 4.78 is 0. The third-order valence-electron chi connectivity index (χ3n) is 5.25. The molecule has 4 rings (SSSR count).